The number of carbonyl (C=O) groups excluding carboxylic acids is 8. The molecule has 0 unspecified atom stereocenters. The van der Waals surface area contributed by atoms with E-state index in [1.165, 1.54) is 46.6 Å². The highest BCUT2D eigenvalue weighted by molar-refractivity contribution is 6.52. The second kappa shape index (κ2) is 40.9. The Morgan fingerprint density at radius 3 is 0.625 bits per heavy atom. The van der Waals surface area contributed by atoms with Gasteiger partial charge < -0.3 is 28.9 Å². The van der Waals surface area contributed by atoms with Crippen molar-refractivity contribution in [3.05, 3.63) is 332 Å². The summed E-state index contributed by atoms with van der Waals surface area (Å²) in [6, 6.07) is 73.1. The number of benzene rings is 8. The quantitative estimate of drug-likeness (QED) is 0.0269. The normalized spacial score (nSPS) is 13.8. The molecule has 2 N–H and O–H groups in total. The number of carbonyl (C=O) groups is 8. The molecule has 0 radical (unpaired) electrons. The average Bonchev–Trinajstić information content (AvgIpc) is 1.61. The van der Waals surface area contributed by atoms with Crippen molar-refractivity contribution in [2.75, 3.05) is 26.4 Å². The molecule has 4 aliphatic carbocycles. The Morgan fingerprint density at radius 1 is 0.211 bits per heavy atom. The molecule has 8 aromatic carbocycles. The number of ketones is 8. The minimum Gasteiger partial charge on any atom is -0.493 e. The van der Waals surface area contributed by atoms with Crippen LogP contribution in [0.25, 0.3) is 114 Å². The van der Waals surface area contributed by atoms with Crippen LogP contribution in [0, 0.1) is 0 Å². The topological polar surface area (TPSA) is 231 Å². The number of aromatic nitrogens is 4. The molecule has 642 valence electrons. The van der Waals surface area contributed by atoms with Crippen LogP contribution < -0.4 is 0 Å². The summed E-state index contributed by atoms with van der Waals surface area (Å²) in [6.45, 7) is 1.86. The Hall–Kier alpha value is -14.1. The number of H-pyrrole nitrogens is 2. The van der Waals surface area contributed by atoms with Crippen LogP contribution in [-0.4, -0.2) is 92.6 Å². The fourth-order valence-corrected chi connectivity index (χ4v) is 18.0. The highest BCUT2D eigenvalue weighted by Gasteiger charge is 2.31. The lowest BCUT2D eigenvalue weighted by atomic mass is 9.94. The second-order valence-electron chi connectivity index (χ2n) is 33.7. The number of nitrogens with one attached hydrogen (secondary N) is 2. The zero-order valence-electron chi connectivity index (χ0n) is 72.0. The number of allylic oxidation sites excluding steroid dienone is 4. The summed E-state index contributed by atoms with van der Waals surface area (Å²) in [6.07, 6.45) is 37.3. The number of hydrogen-bond acceptors (Lipinski definition) is 14. The number of aromatic amines is 2. The average molecular weight is 1700 g/mol. The van der Waals surface area contributed by atoms with Gasteiger partial charge in [0.2, 0.25) is 46.3 Å². The van der Waals surface area contributed by atoms with Gasteiger partial charge in [0, 0.05) is 113 Å². The van der Waals surface area contributed by atoms with Crippen LogP contribution in [0.15, 0.2) is 243 Å². The van der Waals surface area contributed by atoms with E-state index in [0.29, 0.717) is 94.0 Å². The predicted molar refractivity (Wildman–Crippen MR) is 507 cm³/mol. The van der Waals surface area contributed by atoms with Gasteiger partial charge in [-0.2, -0.15) is 0 Å². The number of nitrogens with zero attached hydrogens (tertiary/aromatic N) is 2. The first-order chi connectivity index (χ1) is 62.8. The van der Waals surface area contributed by atoms with Crippen LogP contribution in [0.2, 0.25) is 0 Å². The summed E-state index contributed by atoms with van der Waals surface area (Å²) in [4.78, 5) is 119. The predicted octanol–water partition coefficient (Wildman–Crippen LogP) is 24.6. The molecule has 0 amide bonds. The number of Topliss-reactive ketones (excluding diaryl/α,β-unsaturated/α-hetero) is 4. The second-order valence-corrected chi connectivity index (χ2v) is 33.7. The fraction of sp³-hybridized carbons (Fsp3) is 0.250. The van der Waals surface area contributed by atoms with E-state index in [4.69, 9.17) is 28.9 Å². The minimum atomic E-state index is -0.551. The molecule has 16 heteroatoms. The molecule has 128 heavy (non-hydrogen) atoms. The molecule has 16 nitrogen and oxygen atoms in total. The zero-order valence-corrected chi connectivity index (χ0v) is 72.0. The summed E-state index contributed by atoms with van der Waals surface area (Å²) in [5.74, 6) is -2.35. The van der Waals surface area contributed by atoms with Gasteiger partial charge in [-0.3, -0.25) is 38.4 Å². The molecule has 8 bridgehead atoms. The maximum atomic E-state index is 12.5. The Morgan fingerprint density at radius 2 is 0.406 bits per heavy atom. The minimum absolute atomic E-state index is 0.390. The lowest BCUT2D eigenvalue weighted by Crippen LogP contribution is -2.19. The molecule has 11 aromatic rings. The maximum Gasteiger partial charge on any atom is 0.233 e. The monoisotopic (exact) mass is 1690 g/mol. The number of unbranched alkanes of at least 4 members (excludes halogenated alkanes) is 16. The third-order valence-electron chi connectivity index (χ3n) is 24.9. The van der Waals surface area contributed by atoms with Crippen LogP contribution in [0.4, 0.5) is 0 Å². The smallest absolute Gasteiger partial charge is 0.233 e. The summed E-state index contributed by atoms with van der Waals surface area (Å²) >= 11 is 0. The van der Waals surface area contributed by atoms with Gasteiger partial charge >= 0.3 is 0 Å². The Labute approximate surface area is 745 Å². The van der Waals surface area contributed by atoms with E-state index >= 15 is 0 Å². The largest absolute Gasteiger partial charge is 0.493 e. The third kappa shape index (κ3) is 20.1. The first-order valence-corrected chi connectivity index (χ1v) is 45.5. The van der Waals surface area contributed by atoms with Crippen molar-refractivity contribution in [1.29, 1.82) is 0 Å². The van der Waals surface area contributed by atoms with E-state index in [9.17, 15) is 38.4 Å². The van der Waals surface area contributed by atoms with Gasteiger partial charge in [0.15, 0.2) is 0 Å². The van der Waals surface area contributed by atoms with Crippen molar-refractivity contribution in [1.82, 2.24) is 19.9 Å². The standard InChI is InChI=1S/C112H102N4O12/c117-97-69-101(81-33-17-21-37-85(81)109(97)121)125-65-25-9-1-5-13-29-73-41-49-77(50-42-73)105-89-57-59-91(113-89)106(78-51-43-74(44-52-78)30-14-6-2-10-26-66-126-102-70-98(118)110(122)86-38-22-18-34-82(86)102)93-61-63-95(115-93)108(80-55-47-76(48-56-80)32-16-8-4-12-28-68-128-104-72-100(120)112(124)88-40-24-20-36-84(88)104)96-64-62-94(116-96)107(92-60-58-90(105)114-92)79-53-45-75(46-54-79)31-15-7-3-11-27-67-127-103-71-99(119)111(123)87-39-23-19-35-83(87)103/h17-24,33-64,69-72,113,116H,1-16,25-32,65-68H2. The Balaban J connectivity index is 0.637. The molecule has 3 aromatic heterocycles. The number of ether oxygens (including phenoxy) is 4. The van der Waals surface area contributed by atoms with Gasteiger partial charge in [-0.1, -0.05) is 271 Å². The Kier molecular flexibility index (Phi) is 27.5. The molecule has 0 fully saturated rings. The van der Waals surface area contributed by atoms with Crippen LogP contribution >= 0.6 is 0 Å². The lowest BCUT2D eigenvalue weighted by molar-refractivity contribution is -0.111. The van der Waals surface area contributed by atoms with Gasteiger partial charge in [-0.15, -0.1) is 0 Å². The Bertz CT molecular complexity index is 5710. The van der Waals surface area contributed by atoms with Gasteiger partial charge in [0.25, 0.3) is 0 Å². The van der Waals surface area contributed by atoms with E-state index in [-0.39, 0.29) is 0 Å². The van der Waals surface area contributed by atoms with Crippen molar-refractivity contribution in [2.24, 2.45) is 0 Å². The third-order valence-corrected chi connectivity index (χ3v) is 24.9. The van der Waals surface area contributed by atoms with E-state index < -0.39 is 46.3 Å². The molecule has 17 rings (SSSR count). The van der Waals surface area contributed by atoms with E-state index in [1.54, 1.807) is 48.5 Å². The first-order valence-electron chi connectivity index (χ1n) is 45.5. The van der Waals surface area contributed by atoms with E-state index in [0.717, 1.165) is 243 Å². The van der Waals surface area contributed by atoms with Crippen molar-refractivity contribution in [2.45, 2.75) is 154 Å². The summed E-state index contributed by atoms with van der Waals surface area (Å²) in [7, 11) is 0. The maximum absolute atomic E-state index is 12.5. The van der Waals surface area contributed by atoms with Crippen molar-refractivity contribution in [3.8, 4) is 44.5 Å². The van der Waals surface area contributed by atoms with E-state index in [1.807, 2.05) is 48.5 Å². The molecular weight excluding hydrogens is 1590 g/mol. The molecule has 0 saturated carbocycles. The highest BCUT2D eigenvalue weighted by atomic mass is 16.5. The molecule has 0 spiro atoms. The molecule has 2 aliphatic heterocycles. The van der Waals surface area contributed by atoms with E-state index in [2.05, 4.69) is 156 Å². The highest BCUT2D eigenvalue weighted by Crippen LogP contribution is 2.41. The van der Waals surface area contributed by atoms with Crippen molar-refractivity contribution in [3.63, 3.8) is 0 Å². The number of fused-ring (bicyclic) bond motifs is 12. The molecular formula is C112H102N4O12. The van der Waals surface area contributed by atoms with Crippen LogP contribution in [0.1, 0.15) is 237 Å². The number of rotatable bonds is 40. The van der Waals surface area contributed by atoms with Crippen LogP contribution in [-0.2, 0) is 63.8 Å². The summed E-state index contributed by atoms with van der Waals surface area (Å²) in [5, 5.41) is 0. The van der Waals surface area contributed by atoms with Gasteiger partial charge in [0.05, 0.1) is 49.2 Å². The number of hydrogen-bond donors (Lipinski definition) is 2. The lowest BCUT2D eigenvalue weighted by Gasteiger charge is -2.16. The van der Waals surface area contributed by atoms with Crippen molar-refractivity contribution >= 4 is 116 Å². The molecule has 6 aliphatic rings. The molecule has 0 atom stereocenters. The first kappa shape index (κ1) is 86.0. The molecule has 5 heterocycles. The van der Waals surface area contributed by atoms with Crippen molar-refractivity contribution < 1.29 is 57.3 Å². The van der Waals surface area contributed by atoms with Gasteiger partial charge in [-0.05, 0) is 170 Å². The summed E-state index contributed by atoms with van der Waals surface area (Å²) < 4.78 is 24.3. The SMILES string of the molecule is O=C1C=C(OCCCCCCCc2ccc(-c3c4nc(c(-c5ccc(CCCCCCCOC6=CC(=O)C(=O)c7ccccc76)cc5)c5ccc([nH]5)c(-c5ccc(CCCCCCCOC6=CC(=O)C(=O)c7ccccc76)cc5)c5nc(c(-c6ccc(CCCCCCCOC7=CC(=O)C(=O)c8ccccc87)cc6)c6ccc3[nH]6)C=C5)C=C4)cc2)c2ccccc2C1=O. The van der Waals surface area contributed by atoms with Gasteiger partial charge in [-0.25, -0.2) is 9.97 Å². The van der Waals surface area contributed by atoms with Crippen LogP contribution in [0.5, 0.6) is 0 Å². The number of aryl methyl sites for hydroxylation is 4. The van der Waals surface area contributed by atoms with Crippen LogP contribution in [0.3, 0.4) is 0 Å². The van der Waals surface area contributed by atoms with Gasteiger partial charge in [0.1, 0.15) is 23.0 Å². The fourth-order valence-electron chi connectivity index (χ4n) is 18.0. The summed E-state index contributed by atoms with van der Waals surface area (Å²) in [5.41, 5.74) is 24.1. The molecule has 0 saturated heterocycles. The zero-order chi connectivity index (χ0) is 87.7.